The van der Waals surface area contributed by atoms with Crippen LogP contribution in [0.5, 0.6) is 0 Å². The van der Waals surface area contributed by atoms with Gasteiger partial charge in [0, 0.05) is 16.9 Å². The molecule has 4 heteroatoms. The van der Waals surface area contributed by atoms with Crippen molar-refractivity contribution in [2.45, 2.75) is 43.5 Å². The zero-order valence-electron chi connectivity index (χ0n) is 11.4. The molecule has 0 N–H and O–H groups in total. The lowest BCUT2D eigenvalue weighted by Crippen LogP contribution is -1.99. The maximum Gasteiger partial charge on any atom is 0.136 e. The zero-order valence-corrected chi connectivity index (χ0v) is 13.0. The SMILES string of the molecule is CCCc1nc(Cl)c(C)c(Sc2cccc(C)c2)n1. The molecule has 0 bridgehead atoms. The van der Waals surface area contributed by atoms with Crippen LogP contribution in [0.3, 0.4) is 0 Å². The molecule has 2 rings (SSSR count). The number of aromatic nitrogens is 2. The maximum absolute atomic E-state index is 6.19. The van der Waals surface area contributed by atoms with E-state index in [1.54, 1.807) is 11.8 Å². The molecule has 0 aliphatic carbocycles. The van der Waals surface area contributed by atoms with Gasteiger partial charge in [0.05, 0.1) is 0 Å². The van der Waals surface area contributed by atoms with E-state index in [1.165, 1.54) is 10.5 Å². The van der Waals surface area contributed by atoms with Gasteiger partial charge in [0.25, 0.3) is 0 Å². The third kappa shape index (κ3) is 3.71. The van der Waals surface area contributed by atoms with Crippen molar-refractivity contribution in [2.24, 2.45) is 0 Å². The number of hydrogen-bond acceptors (Lipinski definition) is 3. The first-order valence-corrected chi connectivity index (χ1v) is 7.57. The summed E-state index contributed by atoms with van der Waals surface area (Å²) in [6.45, 7) is 6.17. The van der Waals surface area contributed by atoms with E-state index < -0.39 is 0 Å². The topological polar surface area (TPSA) is 25.8 Å². The molecule has 1 aromatic carbocycles. The van der Waals surface area contributed by atoms with Gasteiger partial charge in [-0.15, -0.1) is 0 Å². The first-order chi connectivity index (χ1) is 9.10. The summed E-state index contributed by atoms with van der Waals surface area (Å²) in [5.74, 6) is 0.827. The monoisotopic (exact) mass is 292 g/mol. The van der Waals surface area contributed by atoms with Gasteiger partial charge in [-0.25, -0.2) is 9.97 Å². The summed E-state index contributed by atoms with van der Waals surface area (Å²) < 4.78 is 0. The van der Waals surface area contributed by atoms with Gasteiger partial charge in [-0.2, -0.15) is 0 Å². The van der Waals surface area contributed by atoms with Crippen LogP contribution in [-0.2, 0) is 6.42 Å². The summed E-state index contributed by atoms with van der Waals surface area (Å²) in [4.78, 5) is 10.1. The molecule has 0 radical (unpaired) electrons. The molecule has 0 atom stereocenters. The Kier molecular flexibility index (Phi) is 4.83. The molecule has 1 heterocycles. The smallest absolute Gasteiger partial charge is 0.136 e. The van der Waals surface area contributed by atoms with Crippen molar-refractivity contribution in [3.8, 4) is 0 Å². The molecule has 0 amide bonds. The molecular weight excluding hydrogens is 276 g/mol. The highest BCUT2D eigenvalue weighted by molar-refractivity contribution is 7.99. The van der Waals surface area contributed by atoms with Crippen LogP contribution in [0.25, 0.3) is 0 Å². The Bertz CT molecular complexity index is 584. The normalized spacial score (nSPS) is 10.7. The molecule has 0 aliphatic heterocycles. The van der Waals surface area contributed by atoms with Crippen molar-refractivity contribution in [3.05, 3.63) is 46.4 Å². The first kappa shape index (κ1) is 14.4. The van der Waals surface area contributed by atoms with Crippen LogP contribution >= 0.6 is 23.4 Å². The van der Waals surface area contributed by atoms with Gasteiger partial charge in [0.2, 0.25) is 0 Å². The number of hydrogen-bond donors (Lipinski definition) is 0. The molecule has 0 spiro atoms. The van der Waals surface area contributed by atoms with E-state index in [1.807, 2.05) is 6.92 Å². The maximum atomic E-state index is 6.19. The van der Waals surface area contributed by atoms with Crippen LogP contribution in [-0.4, -0.2) is 9.97 Å². The molecule has 100 valence electrons. The highest BCUT2D eigenvalue weighted by Gasteiger charge is 2.10. The number of rotatable bonds is 4. The average Bonchev–Trinajstić information content (AvgIpc) is 2.36. The van der Waals surface area contributed by atoms with Crippen LogP contribution < -0.4 is 0 Å². The van der Waals surface area contributed by atoms with Gasteiger partial charge in [0.1, 0.15) is 16.0 Å². The van der Waals surface area contributed by atoms with E-state index in [-0.39, 0.29) is 0 Å². The lowest BCUT2D eigenvalue weighted by Gasteiger charge is -2.09. The molecular formula is C15H17ClN2S. The minimum absolute atomic E-state index is 0.564. The summed E-state index contributed by atoms with van der Waals surface area (Å²) >= 11 is 7.83. The Morgan fingerprint density at radius 2 is 2.00 bits per heavy atom. The summed E-state index contributed by atoms with van der Waals surface area (Å²) in [7, 11) is 0. The third-order valence-corrected chi connectivity index (χ3v) is 4.21. The summed E-state index contributed by atoms with van der Waals surface area (Å²) in [6.07, 6.45) is 1.88. The van der Waals surface area contributed by atoms with Gasteiger partial charge in [-0.05, 0) is 32.4 Å². The molecule has 0 unspecified atom stereocenters. The second-order valence-corrected chi connectivity index (χ2v) is 5.95. The van der Waals surface area contributed by atoms with E-state index in [9.17, 15) is 0 Å². The Hall–Kier alpha value is -1.06. The third-order valence-electron chi connectivity index (χ3n) is 2.77. The fourth-order valence-corrected chi connectivity index (χ4v) is 3.00. The quantitative estimate of drug-likeness (QED) is 0.753. The van der Waals surface area contributed by atoms with E-state index in [4.69, 9.17) is 11.6 Å². The fraction of sp³-hybridized carbons (Fsp3) is 0.333. The predicted octanol–water partition coefficient (Wildman–Crippen LogP) is 4.85. The van der Waals surface area contributed by atoms with Crippen molar-refractivity contribution in [1.29, 1.82) is 0 Å². The fourth-order valence-electron chi connectivity index (χ4n) is 1.74. The minimum Gasteiger partial charge on any atom is -0.226 e. The zero-order chi connectivity index (χ0) is 13.8. The van der Waals surface area contributed by atoms with E-state index in [2.05, 4.69) is 48.1 Å². The van der Waals surface area contributed by atoms with Crippen molar-refractivity contribution in [3.63, 3.8) is 0 Å². The standard InChI is InChI=1S/C15H17ClN2S/c1-4-6-13-17-14(16)11(3)15(18-13)19-12-8-5-7-10(2)9-12/h5,7-9H,4,6H2,1-3H3. The molecule has 2 aromatic rings. The molecule has 0 aliphatic rings. The van der Waals surface area contributed by atoms with Gasteiger partial charge in [0.15, 0.2) is 0 Å². The van der Waals surface area contributed by atoms with E-state index in [0.29, 0.717) is 5.15 Å². The minimum atomic E-state index is 0.564. The molecule has 0 saturated carbocycles. The van der Waals surface area contributed by atoms with Gasteiger partial charge in [-0.3, -0.25) is 0 Å². The molecule has 19 heavy (non-hydrogen) atoms. The summed E-state index contributed by atoms with van der Waals surface area (Å²) in [6, 6.07) is 8.39. The lowest BCUT2D eigenvalue weighted by atomic mass is 10.2. The predicted molar refractivity (Wildman–Crippen MR) is 81.1 cm³/mol. The van der Waals surface area contributed by atoms with E-state index in [0.717, 1.165) is 29.3 Å². The molecule has 1 aromatic heterocycles. The van der Waals surface area contributed by atoms with Crippen molar-refractivity contribution in [1.82, 2.24) is 9.97 Å². The number of halogens is 1. The van der Waals surface area contributed by atoms with Gasteiger partial charge < -0.3 is 0 Å². The highest BCUT2D eigenvalue weighted by atomic mass is 35.5. The van der Waals surface area contributed by atoms with Crippen molar-refractivity contribution >= 4 is 23.4 Å². The largest absolute Gasteiger partial charge is 0.226 e. The van der Waals surface area contributed by atoms with E-state index >= 15 is 0 Å². The van der Waals surface area contributed by atoms with Crippen LogP contribution in [0.1, 0.15) is 30.3 Å². The summed E-state index contributed by atoms with van der Waals surface area (Å²) in [5.41, 5.74) is 2.20. The molecule has 2 nitrogen and oxygen atoms in total. The molecule has 0 saturated heterocycles. The van der Waals surface area contributed by atoms with Crippen LogP contribution in [0.2, 0.25) is 5.15 Å². The highest BCUT2D eigenvalue weighted by Crippen LogP contribution is 2.31. The second-order valence-electron chi connectivity index (χ2n) is 4.53. The number of nitrogens with zero attached hydrogens (tertiary/aromatic N) is 2. The Labute approximate surface area is 123 Å². The molecule has 0 fully saturated rings. The Morgan fingerprint density at radius 3 is 2.68 bits per heavy atom. The average molecular weight is 293 g/mol. The van der Waals surface area contributed by atoms with Crippen LogP contribution in [0.15, 0.2) is 34.2 Å². The number of aryl methyl sites for hydroxylation is 2. The second kappa shape index (κ2) is 6.40. The lowest BCUT2D eigenvalue weighted by molar-refractivity contribution is 0.801. The van der Waals surface area contributed by atoms with Crippen LogP contribution in [0, 0.1) is 13.8 Å². The van der Waals surface area contributed by atoms with Crippen LogP contribution in [0.4, 0.5) is 0 Å². The van der Waals surface area contributed by atoms with Gasteiger partial charge >= 0.3 is 0 Å². The van der Waals surface area contributed by atoms with Crippen molar-refractivity contribution in [2.75, 3.05) is 0 Å². The Balaban J connectivity index is 2.33. The first-order valence-electron chi connectivity index (χ1n) is 6.37. The summed E-state index contributed by atoms with van der Waals surface area (Å²) in [5, 5.41) is 1.52. The van der Waals surface area contributed by atoms with Gasteiger partial charge in [-0.1, -0.05) is 48.0 Å². The van der Waals surface area contributed by atoms with Crippen molar-refractivity contribution < 1.29 is 0 Å². The Morgan fingerprint density at radius 1 is 1.21 bits per heavy atom. The number of benzene rings is 1.